The number of pyridine rings is 1. The van der Waals surface area contributed by atoms with Crippen molar-refractivity contribution >= 4 is 16.7 Å². The number of imidazole rings is 1. The number of hydrogen-bond acceptors (Lipinski definition) is 3. The first-order valence-electron chi connectivity index (χ1n) is 5.38. The molecular formula is C13H12N4. The van der Waals surface area contributed by atoms with Gasteiger partial charge in [0, 0.05) is 24.5 Å². The third-order valence-corrected chi connectivity index (χ3v) is 2.83. The van der Waals surface area contributed by atoms with E-state index in [1.807, 2.05) is 48.1 Å². The number of fused-ring (bicyclic) bond motifs is 1. The average Bonchev–Trinajstić information content (AvgIpc) is 2.68. The van der Waals surface area contributed by atoms with Gasteiger partial charge in [0.15, 0.2) is 0 Å². The van der Waals surface area contributed by atoms with Crippen molar-refractivity contribution in [2.45, 2.75) is 0 Å². The van der Waals surface area contributed by atoms with Crippen molar-refractivity contribution in [1.82, 2.24) is 14.5 Å². The summed E-state index contributed by atoms with van der Waals surface area (Å²) in [6, 6.07) is 9.64. The zero-order chi connectivity index (χ0) is 11.8. The Balaban J connectivity index is 2.27. The Bertz CT molecular complexity index is 685. The lowest BCUT2D eigenvalue weighted by Gasteiger charge is -2.02. The summed E-state index contributed by atoms with van der Waals surface area (Å²) in [5.41, 5.74) is 9.51. The molecule has 2 N–H and O–H groups in total. The van der Waals surface area contributed by atoms with Crippen LogP contribution in [0.3, 0.4) is 0 Å². The van der Waals surface area contributed by atoms with E-state index in [1.54, 1.807) is 6.20 Å². The molecule has 0 spiro atoms. The minimum atomic E-state index is 0.743. The molecule has 0 amide bonds. The molecule has 2 heterocycles. The molecule has 0 fully saturated rings. The highest BCUT2D eigenvalue weighted by Gasteiger charge is 2.09. The number of nitrogens with zero attached hydrogens (tertiary/aromatic N) is 3. The van der Waals surface area contributed by atoms with E-state index >= 15 is 0 Å². The van der Waals surface area contributed by atoms with Gasteiger partial charge in [-0.15, -0.1) is 0 Å². The van der Waals surface area contributed by atoms with Crippen LogP contribution in [0.1, 0.15) is 0 Å². The molecule has 0 aliphatic heterocycles. The Kier molecular flexibility index (Phi) is 2.08. The minimum absolute atomic E-state index is 0.743. The standard InChI is InChI=1S/C13H12N4/c1-17-12-8-15-6-5-11(12)16-13(17)9-3-2-4-10(14)7-9/h2-8H,14H2,1H3. The van der Waals surface area contributed by atoms with Gasteiger partial charge in [-0.05, 0) is 18.2 Å². The van der Waals surface area contributed by atoms with E-state index in [9.17, 15) is 0 Å². The number of rotatable bonds is 1. The van der Waals surface area contributed by atoms with Gasteiger partial charge in [-0.1, -0.05) is 12.1 Å². The lowest BCUT2D eigenvalue weighted by molar-refractivity contribution is 0.956. The van der Waals surface area contributed by atoms with E-state index in [1.165, 1.54) is 0 Å². The Morgan fingerprint density at radius 1 is 1.24 bits per heavy atom. The molecule has 0 radical (unpaired) electrons. The largest absolute Gasteiger partial charge is 0.399 e. The van der Waals surface area contributed by atoms with Gasteiger partial charge < -0.3 is 10.3 Å². The van der Waals surface area contributed by atoms with Crippen LogP contribution in [0.25, 0.3) is 22.4 Å². The van der Waals surface area contributed by atoms with E-state index in [4.69, 9.17) is 5.73 Å². The van der Waals surface area contributed by atoms with Crippen LogP contribution in [-0.4, -0.2) is 14.5 Å². The van der Waals surface area contributed by atoms with Crippen LogP contribution in [0.5, 0.6) is 0 Å². The number of nitrogen functional groups attached to an aromatic ring is 1. The van der Waals surface area contributed by atoms with Crippen LogP contribution in [0.4, 0.5) is 5.69 Å². The third-order valence-electron chi connectivity index (χ3n) is 2.83. The van der Waals surface area contributed by atoms with E-state index in [0.717, 1.165) is 28.1 Å². The number of aryl methyl sites for hydroxylation is 1. The molecule has 3 aromatic rings. The molecule has 2 aromatic heterocycles. The first kappa shape index (κ1) is 9.84. The predicted octanol–water partition coefficient (Wildman–Crippen LogP) is 2.22. The zero-order valence-corrected chi connectivity index (χ0v) is 9.46. The van der Waals surface area contributed by atoms with Gasteiger partial charge >= 0.3 is 0 Å². The smallest absolute Gasteiger partial charge is 0.140 e. The molecule has 0 unspecified atom stereocenters. The zero-order valence-electron chi connectivity index (χ0n) is 9.46. The Morgan fingerprint density at radius 2 is 2.12 bits per heavy atom. The summed E-state index contributed by atoms with van der Waals surface area (Å²) in [7, 11) is 1.98. The minimum Gasteiger partial charge on any atom is -0.399 e. The van der Waals surface area contributed by atoms with Crippen molar-refractivity contribution in [3.8, 4) is 11.4 Å². The molecule has 0 saturated heterocycles. The van der Waals surface area contributed by atoms with Crippen molar-refractivity contribution in [3.63, 3.8) is 0 Å². The molecule has 0 aliphatic rings. The summed E-state index contributed by atoms with van der Waals surface area (Å²) in [6.07, 6.45) is 3.57. The summed E-state index contributed by atoms with van der Waals surface area (Å²) >= 11 is 0. The fourth-order valence-electron chi connectivity index (χ4n) is 1.97. The summed E-state index contributed by atoms with van der Waals surface area (Å²) in [5, 5.41) is 0. The predicted molar refractivity (Wildman–Crippen MR) is 68.4 cm³/mol. The Hall–Kier alpha value is -2.36. The van der Waals surface area contributed by atoms with Crippen molar-refractivity contribution in [2.75, 3.05) is 5.73 Å². The Labute approximate surface area is 98.7 Å². The summed E-state index contributed by atoms with van der Waals surface area (Å²) < 4.78 is 2.02. The number of nitrogens with two attached hydrogens (primary N) is 1. The van der Waals surface area contributed by atoms with Crippen LogP contribution < -0.4 is 5.73 Å². The SMILES string of the molecule is Cn1c(-c2cccc(N)c2)nc2ccncc21. The molecule has 17 heavy (non-hydrogen) atoms. The molecule has 0 aliphatic carbocycles. The second-order valence-corrected chi connectivity index (χ2v) is 3.98. The Morgan fingerprint density at radius 3 is 2.88 bits per heavy atom. The molecule has 4 heteroatoms. The normalized spacial score (nSPS) is 10.9. The molecule has 0 saturated carbocycles. The topological polar surface area (TPSA) is 56.7 Å². The first-order valence-corrected chi connectivity index (χ1v) is 5.38. The molecule has 3 rings (SSSR count). The van der Waals surface area contributed by atoms with Gasteiger partial charge in [0.1, 0.15) is 5.82 Å². The molecule has 0 atom stereocenters. The molecule has 0 bridgehead atoms. The number of hydrogen-bond donors (Lipinski definition) is 1. The first-order chi connectivity index (χ1) is 8.25. The van der Waals surface area contributed by atoms with Gasteiger partial charge in [0.2, 0.25) is 0 Å². The maximum atomic E-state index is 5.79. The van der Waals surface area contributed by atoms with Gasteiger partial charge in [0.25, 0.3) is 0 Å². The van der Waals surface area contributed by atoms with Crippen molar-refractivity contribution in [1.29, 1.82) is 0 Å². The van der Waals surface area contributed by atoms with Crippen LogP contribution in [-0.2, 0) is 7.05 Å². The van der Waals surface area contributed by atoms with E-state index in [-0.39, 0.29) is 0 Å². The fourth-order valence-corrected chi connectivity index (χ4v) is 1.97. The van der Waals surface area contributed by atoms with E-state index in [2.05, 4.69) is 9.97 Å². The second-order valence-electron chi connectivity index (χ2n) is 3.98. The fraction of sp³-hybridized carbons (Fsp3) is 0.0769. The highest BCUT2D eigenvalue weighted by atomic mass is 15.1. The number of benzene rings is 1. The molecule has 84 valence electrons. The highest BCUT2D eigenvalue weighted by molar-refractivity contribution is 5.80. The quantitative estimate of drug-likeness (QED) is 0.645. The molecule has 4 nitrogen and oxygen atoms in total. The third kappa shape index (κ3) is 1.54. The van der Waals surface area contributed by atoms with E-state index in [0.29, 0.717) is 0 Å². The lowest BCUT2D eigenvalue weighted by Crippen LogP contribution is -1.93. The highest BCUT2D eigenvalue weighted by Crippen LogP contribution is 2.24. The van der Waals surface area contributed by atoms with Crippen LogP contribution in [0, 0.1) is 0 Å². The number of aromatic nitrogens is 3. The van der Waals surface area contributed by atoms with Crippen molar-refractivity contribution in [3.05, 3.63) is 42.7 Å². The van der Waals surface area contributed by atoms with Gasteiger partial charge in [-0.25, -0.2) is 4.98 Å². The monoisotopic (exact) mass is 224 g/mol. The summed E-state index contributed by atoms with van der Waals surface area (Å²) in [6.45, 7) is 0. The van der Waals surface area contributed by atoms with Crippen molar-refractivity contribution in [2.24, 2.45) is 7.05 Å². The van der Waals surface area contributed by atoms with Crippen LogP contribution >= 0.6 is 0 Å². The summed E-state index contributed by atoms with van der Waals surface area (Å²) in [4.78, 5) is 8.70. The maximum Gasteiger partial charge on any atom is 0.140 e. The van der Waals surface area contributed by atoms with Gasteiger partial charge in [-0.3, -0.25) is 4.98 Å². The summed E-state index contributed by atoms with van der Waals surface area (Å²) in [5.74, 6) is 0.903. The van der Waals surface area contributed by atoms with Gasteiger partial charge in [-0.2, -0.15) is 0 Å². The molecule has 1 aromatic carbocycles. The van der Waals surface area contributed by atoms with Gasteiger partial charge in [0.05, 0.1) is 17.2 Å². The van der Waals surface area contributed by atoms with Crippen molar-refractivity contribution < 1.29 is 0 Å². The van der Waals surface area contributed by atoms with Crippen LogP contribution in [0.2, 0.25) is 0 Å². The maximum absolute atomic E-state index is 5.79. The van der Waals surface area contributed by atoms with E-state index < -0.39 is 0 Å². The molecular weight excluding hydrogens is 212 g/mol. The number of anilines is 1. The average molecular weight is 224 g/mol. The second kappa shape index (κ2) is 3.59. The van der Waals surface area contributed by atoms with Crippen LogP contribution in [0.15, 0.2) is 42.7 Å². The lowest BCUT2D eigenvalue weighted by atomic mass is 10.2.